The summed E-state index contributed by atoms with van der Waals surface area (Å²) < 4.78 is 23.0. The molecular formula is C16H16Cl2N4O7. The summed E-state index contributed by atoms with van der Waals surface area (Å²) in [4.78, 5) is 46.6. The molecule has 29 heavy (non-hydrogen) atoms. The molecule has 1 fully saturated rings. The van der Waals surface area contributed by atoms with E-state index in [4.69, 9.17) is 42.1 Å². The Balaban J connectivity index is 2.04. The molecule has 4 atom stereocenters. The number of aromatic nitrogens is 4. The van der Waals surface area contributed by atoms with Gasteiger partial charge in [0.15, 0.2) is 29.2 Å². The largest absolute Gasteiger partial charge is 0.463 e. The standard InChI is InChI=1S/C16H16Cl2N4O7/c1-6(23)26-4-9-11(27-7(2)24)12(28-8(3)25)15(29-9)22-5-19-10-13(17)20-16(18)21-14(10)22/h5,9,11-12,15H,4H2,1-3H3/t9-,11-,12-,15-/m1/s1/i20+1. The molecule has 1 saturated heterocycles. The number of halogens is 2. The van der Waals surface area contributed by atoms with Crippen molar-refractivity contribution in [3.05, 3.63) is 16.8 Å². The van der Waals surface area contributed by atoms with E-state index in [1.165, 1.54) is 31.7 Å². The number of esters is 3. The zero-order valence-electron chi connectivity index (χ0n) is 15.5. The number of imidazole rings is 1. The summed E-state index contributed by atoms with van der Waals surface area (Å²) in [6.45, 7) is 3.38. The van der Waals surface area contributed by atoms with E-state index < -0.39 is 42.4 Å². The quantitative estimate of drug-likeness (QED) is 0.287. The molecule has 11 nitrogen and oxygen atoms in total. The highest BCUT2D eigenvalue weighted by atomic mass is 35.5. The number of carbonyl (C=O) groups is 3. The maximum absolute atomic E-state index is 11.7. The molecule has 0 bridgehead atoms. The van der Waals surface area contributed by atoms with Crippen LogP contribution in [0, 0.1) is 0 Å². The van der Waals surface area contributed by atoms with Gasteiger partial charge in [0.05, 0.1) is 6.33 Å². The van der Waals surface area contributed by atoms with E-state index in [1.807, 2.05) is 0 Å². The van der Waals surface area contributed by atoms with Crippen LogP contribution in [0.4, 0.5) is 0 Å². The number of fused-ring (bicyclic) bond motifs is 1. The lowest BCUT2D eigenvalue weighted by atomic mass is 10.1. The van der Waals surface area contributed by atoms with Gasteiger partial charge in [-0.2, -0.15) is 4.98 Å². The predicted molar refractivity (Wildman–Crippen MR) is 97.0 cm³/mol. The summed E-state index contributed by atoms with van der Waals surface area (Å²) in [5.74, 6) is -1.82. The van der Waals surface area contributed by atoms with E-state index in [9.17, 15) is 14.4 Å². The highest BCUT2D eigenvalue weighted by Gasteiger charge is 2.51. The molecular weight excluding hydrogens is 432 g/mol. The first-order chi connectivity index (χ1) is 13.7. The van der Waals surface area contributed by atoms with Gasteiger partial charge >= 0.3 is 17.9 Å². The summed E-state index contributed by atoms with van der Waals surface area (Å²) >= 11 is 11.9. The third kappa shape index (κ3) is 4.57. The number of hydrogen-bond donors (Lipinski definition) is 0. The predicted octanol–water partition coefficient (Wildman–Crippen LogP) is 1.46. The zero-order chi connectivity index (χ0) is 21.3. The Hall–Kier alpha value is -2.50. The van der Waals surface area contributed by atoms with Crippen LogP contribution in [-0.2, 0) is 33.3 Å². The molecule has 0 radical (unpaired) electrons. The third-order valence-corrected chi connectivity index (χ3v) is 4.40. The second-order valence-corrected chi connectivity index (χ2v) is 6.82. The Morgan fingerprint density at radius 1 is 1.07 bits per heavy atom. The molecule has 3 heterocycles. The maximum atomic E-state index is 11.7. The van der Waals surface area contributed by atoms with Gasteiger partial charge in [0, 0.05) is 20.8 Å². The van der Waals surface area contributed by atoms with Gasteiger partial charge in [0.25, 0.3) is 0 Å². The highest BCUT2D eigenvalue weighted by molar-refractivity contribution is 6.35. The molecule has 0 aliphatic carbocycles. The number of nitrogens with zero attached hydrogens (tertiary/aromatic N) is 4. The molecule has 2 aromatic rings. The van der Waals surface area contributed by atoms with Crippen LogP contribution < -0.4 is 0 Å². The van der Waals surface area contributed by atoms with Crippen molar-refractivity contribution in [1.82, 2.24) is 19.5 Å². The molecule has 0 saturated carbocycles. The van der Waals surface area contributed by atoms with Gasteiger partial charge in [-0.25, -0.2) is 9.97 Å². The summed E-state index contributed by atoms with van der Waals surface area (Å²) in [6.07, 6.45) is -2.71. The first-order valence-corrected chi connectivity index (χ1v) is 9.11. The van der Waals surface area contributed by atoms with Gasteiger partial charge in [-0.05, 0) is 11.6 Å². The van der Waals surface area contributed by atoms with Crippen LogP contribution >= 0.6 is 23.2 Å². The fourth-order valence-electron chi connectivity index (χ4n) is 2.96. The van der Waals surface area contributed by atoms with Crippen molar-refractivity contribution in [1.29, 1.82) is 0 Å². The minimum absolute atomic E-state index is 0.0220. The minimum Gasteiger partial charge on any atom is -0.463 e. The van der Waals surface area contributed by atoms with Crippen molar-refractivity contribution in [2.45, 2.75) is 45.3 Å². The molecule has 1 aliphatic heterocycles. The second-order valence-electron chi connectivity index (χ2n) is 6.12. The highest BCUT2D eigenvalue weighted by Crippen LogP contribution is 2.36. The molecule has 0 N–H and O–H groups in total. The Morgan fingerprint density at radius 3 is 2.34 bits per heavy atom. The fourth-order valence-corrected chi connectivity index (χ4v) is 3.38. The Bertz CT molecular complexity index is 966. The SMILES string of the molecule is CC(=O)OC[C@H]1O[C@@H](n2cnc3c(Cl)[15n]c(Cl)nc32)[C@H](OC(C)=O)[C@@H]1OC(C)=O. The second kappa shape index (κ2) is 8.47. The average Bonchev–Trinajstić information content (AvgIpc) is 3.15. The lowest BCUT2D eigenvalue weighted by Crippen LogP contribution is -2.40. The summed E-state index contributed by atoms with van der Waals surface area (Å²) in [5.41, 5.74) is 0.459. The van der Waals surface area contributed by atoms with E-state index in [1.54, 1.807) is 0 Å². The van der Waals surface area contributed by atoms with Crippen LogP contribution in [0.3, 0.4) is 0 Å². The van der Waals surface area contributed by atoms with Crippen LogP contribution in [0.5, 0.6) is 0 Å². The fraction of sp³-hybridized carbons (Fsp3) is 0.500. The molecule has 1 aliphatic rings. The minimum atomic E-state index is -1.08. The van der Waals surface area contributed by atoms with Crippen molar-refractivity contribution >= 4 is 52.3 Å². The van der Waals surface area contributed by atoms with E-state index in [-0.39, 0.29) is 28.2 Å². The third-order valence-electron chi connectivity index (χ3n) is 3.97. The van der Waals surface area contributed by atoms with E-state index in [0.29, 0.717) is 0 Å². The molecule has 0 amide bonds. The molecule has 0 aromatic carbocycles. The average molecular weight is 448 g/mol. The molecule has 0 unspecified atom stereocenters. The smallest absolute Gasteiger partial charge is 0.303 e. The maximum Gasteiger partial charge on any atom is 0.303 e. The Labute approximate surface area is 174 Å². The van der Waals surface area contributed by atoms with Gasteiger partial charge < -0.3 is 18.9 Å². The number of hydrogen-bond acceptors (Lipinski definition) is 10. The first-order valence-electron chi connectivity index (χ1n) is 8.36. The van der Waals surface area contributed by atoms with Crippen LogP contribution in [0.2, 0.25) is 10.4 Å². The topological polar surface area (TPSA) is 132 Å². The summed E-state index contributed by atoms with van der Waals surface area (Å²) in [5, 5.41) is -0.104. The zero-order valence-corrected chi connectivity index (χ0v) is 17.0. The van der Waals surface area contributed by atoms with Crippen LogP contribution in [0.1, 0.15) is 27.0 Å². The molecule has 2 aromatic heterocycles. The van der Waals surface area contributed by atoms with Crippen LogP contribution in [-0.4, -0.2) is 62.3 Å². The Kier molecular flexibility index (Phi) is 6.20. The van der Waals surface area contributed by atoms with Gasteiger partial charge in [-0.15, -0.1) is 0 Å². The van der Waals surface area contributed by atoms with E-state index >= 15 is 0 Å². The molecule has 3 rings (SSSR count). The van der Waals surface area contributed by atoms with Crippen molar-refractivity contribution in [3.63, 3.8) is 0 Å². The number of carbonyl (C=O) groups excluding carboxylic acids is 3. The van der Waals surface area contributed by atoms with Crippen LogP contribution in [0.25, 0.3) is 11.2 Å². The van der Waals surface area contributed by atoms with E-state index in [0.717, 1.165) is 0 Å². The summed E-state index contributed by atoms with van der Waals surface area (Å²) in [7, 11) is 0. The lowest BCUT2D eigenvalue weighted by Gasteiger charge is -2.23. The normalized spacial score (nSPS) is 23.8. The Morgan fingerprint density at radius 2 is 1.72 bits per heavy atom. The van der Waals surface area contributed by atoms with Crippen LogP contribution in [0.15, 0.2) is 6.33 Å². The molecule has 0 spiro atoms. The number of ether oxygens (including phenoxy) is 4. The first kappa shape index (κ1) is 21.2. The van der Waals surface area contributed by atoms with Gasteiger partial charge in [0.2, 0.25) is 5.28 Å². The molecule has 13 heteroatoms. The van der Waals surface area contributed by atoms with Gasteiger partial charge in [-0.1, -0.05) is 11.6 Å². The van der Waals surface area contributed by atoms with Gasteiger partial charge in [0.1, 0.15) is 18.2 Å². The van der Waals surface area contributed by atoms with Gasteiger partial charge in [-0.3, -0.25) is 19.0 Å². The monoisotopic (exact) mass is 447 g/mol. The van der Waals surface area contributed by atoms with E-state index in [2.05, 4.69) is 15.0 Å². The lowest BCUT2D eigenvalue weighted by molar-refractivity contribution is -0.166. The van der Waals surface area contributed by atoms with Crippen molar-refractivity contribution in [2.75, 3.05) is 6.61 Å². The van der Waals surface area contributed by atoms with Crippen molar-refractivity contribution in [2.24, 2.45) is 0 Å². The van der Waals surface area contributed by atoms with Crippen molar-refractivity contribution < 1.29 is 33.3 Å². The number of rotatable bonds is 5. The summed E-state index contributed by atoms with van der Waals surface area (Å²) in [6, 6.07) is 0. The molecule has 156 valence electrons. The van der Waals surface area contributed by atoms with Crippen molar-refractivity contribution in [3.8, 4) is 0 Å².